The van der Waals surface area contributed by atoms with Gasteiger partial charge in [-0.1, -0.05) is 34.1 Å². The van der Waals surface area contributed by atoms with Crippen LogP contribution in [0.3, 0.4) is 0 Å². The molecule has 23 heavy (non-hydrogen) atoms. The number of Topliss-reactive ketones (excluding diaryl/α,β-unsaturated/α-hetero) is 1. The minimum absolute atomic E-state index is 0.104. The maximum atomic E-state index is 12.5. The Morgan fingerprint density at radius 3 is 2.35 bits per heavy atom. The molecule has 0 aromatic carbocycles. The molecule has 0 N–H and O–H groups in total. The predicted molar refractivity (Wildman–Crippen MR) is 89.8 cm³/mol. The Morgan fingerprint density at radius 1 is 1.00 bits per heavy atom. The first-order chi connectivity index (χ1) is 10.7. The van der Waals surface area contributed by atoms with Crippen molar-refractivity contribution in [2.45, 2.75) is 72.6 Å². The van der Waals surface area contributed by atoms with Gasteiger partial charge < -0.3 is 4.74 Å². The molecule has 0 saturated heterocycles. The van der Waals surface area contributed by atoms with Gasteiger partial charge in [-0.2, -0.15) is 0 Å². The van der Waals surface area contributed by atoms with Gasteiger partial charge in [-0.05, 0) is 60.2 Å². The zero-order chi connectivity index (χ0) is 17.0. The first-order valence-corrected chi connectivity index (χ1v) is 9.27. The van der Waals surface area contributed by atoms with Gasteiger partial charge in [0.15, 0.2) is 0 Å². The number of esters is 1. The van der Waals surface area contributed by atoms with Crippen molar-refractivity contribution in [2.24, 2.45) is 34.0 Å². The Labute approximate surface area is 140 Å². The lowest BCUT2D eigenvalue weighted by Crippen LogP contribution is -2.60. The Bertz CT molecular complexity index is 515. The highest BCUT2D eigenvalue weighted by atomic mass is 16.5. The number of fused-ring (bicyclic) bond motifs is 3. The molecular formula is C20H32O3. The summed E-state index contributed by atoms with van der Waals surface area (Å²) in [7, 11) is 1.42. The van der Waals surface area contributed by atoms with E-state index in [0.717, 1.165) is 19.3 Å². The average Bonchev–Trinajstić information content (AvgIpc) is 2.44. The second kappa shape index (κ2) is 5.32. The molecule has 130 valence electrons. The Kier molecular flexibility index (Phi) is 3.93. The fraction of sp³-hybridized carbons (Fsp3) is 0.900. The molecule has 5 atom stereocenters. The molecule has 3 aliphatic rings. The molecule has 0 aromatic rings. The quantitative estimate of drug-likeness (QED) is 0.531. The summed E-state index contributed by atoms with van der Waals surface area (Å²) in [5.74, 6) is 0.407. The highest BCUT2D eigenvalue weighted by molar-refractivity contribution is 6.00. The van der Waals surface area contributed by atoms with Crippen molar-refractivity contribution in [2.75, 3.05) is 7.11 Å². The Morgan fingerprint density at radius 2 is 1.70 bits per heavy atom. The molecule has 0 spiro atoms. The highest BCUT2D eigenvalue weighted by Gasteiger charge is 2.63. The molecule has 0 aromatic heterocycles. The maximum Gasteiger partial charge on any atom is 0.316 e. The predicted octanol–water partition coefficient (Wildman–Crippen LogP) is 4.39. The normalized spacial score (nSPS) is 45.8. The SMILES string of the molecule is COC(=O)[C@H]1C(=O)CC[C@H]2[C@]3(C)CCCC(C)(C)[C@H]3CC[C@]12C. The second-order valence-electron chi connectivity index (χ2n) is 9.46. The third-order valence-electron chi connectivity index (χ3n) is 7.94. The third kappa shape index (κ3) is 2.29. The van der Waals surface area contributed by atoms with Crippen LogP contribution in [0.4, 0.5) is 0 Å². The van der Waals surface area contributed by atoms with E-state index in [1.807, 2.05) is 0 Å². The van der Waals surface area contributed by atoms with Crippen LogP contribution in [0.5, 0.6) is 0 Å². The third-order valence-corrected chi connectivity index (χ3v) is 7.94. The standard InChI is InChI=1S/C20H32O3/c1-18(2)10-6-11-19(3)14(18)9-12-20(4)15(19)8-7-13(21)16(20)17(22)23-5/h14-16H,6-12H2,1-5H3/t14-,15+,16-,19-,20+/m1/s1. The summed E-state index contributed by atoms with van der Waals surface area (Å²) in [4.78, 5) is 24.9. The summed E-state index contributed by atoms with van der Waals surface area (Å²) in [6, 6.07) is 0. The topological polar surface area (TPSA) is 43.4 Å². The second-order valence-corrected chi connectivity index (χ2v) is 9.46. The van der Waals surface area contributed by atoms with Gasteiger partial charge >= 0.3 is 5.97 Å². The summed E-state index contributed by atoms with van der Waals surface area (Å²) < 4.78 is 5.02. The van der Waals surface area contributed by atoms with Gasteiger partial charge in [-0.15, -0.1) is 0 Å². The van der Waals surface area contributed by atoms with E-state index in [9.17, 15) is 9.59 Å². The van der Waals surface area contributed by atoms with Gasteiger partial charge in [0.1, 0.15) is 11.7 Å². The average molecular weight is 320 g/mol. The molecule has 0 heterocycles. The van der Waals surface area contributed by atoms with Crippen LogP contribution >= 0.6 is 0 Å². The van der Waals surface area contributed by atoms with E-state index in [1.54, 1.807) is 0 Å². The zero-order valence-electron chi connectivity index (χ0n) is 15.4. The lowest BCUT2D eigenvalue weighted by molar-refractivity contribution is -0.184. The highest BCUT2D eigenvalue weighted by Crippen LogP contribution is 2.68. The minimum Gasteiger partial charge on any atom is -0.468 e. The fourth-order valence-electron chi connectivity index (χ4n) is 7.01. The van der Waals surface area contributed by atoms with Crippen LogP contribution in [0.15, 0.2) is 0 Å². The summed E-state index contributed by atoms with van der Waals surface area (Å²) in [6.45, 7) is 9.48. The van der Waals surface area contributed by atoms with Crippen LogP contribution in [0.25, 0.3) is 0 Å². The van der Waals surface area contributed by atoms with Crippen molar-refractivity contribution in [1.29, 1.82) is 0 Å². The van der Waals surface area contributed by atoms with Crippen LogP contribution < -0.4 is 0 Å². The van der Waals surface area contributed by atoms with Gasteiger partial charge in [0.2, 0.25) is 0 Å². The molecule has 3 rings (SSSR count). The van der Waals surface area contributed by atoms with Crippen LogP contribution in [0.1, 0.15) is 72.6 Å². The smallest absolute Gasteiger partial charge is 0.316 e. The van der Waals surface area contributed by atoms with E-state index in [2.05, 4.69) is 27.7 Å². The number of rotatable bonds is 1. The van der Waals surface area contributed by atoms with Crippen molar-refractivity contribution < 1.29 is 14.3 Å². The van der Waals surface area contributed by atoms with E-state index in [1.165, 1.54) is 26.4 Å². The maximum absolute atomic E-state index is 12.5. The van der Waals surface area contributed by atoms with Crippen molar-refractivity contribution in [3.05, 3.63) is 0 Å². The van der Waals surface area contributed by atoms with E-state index in [-0.39, 0.29) is 22.6 Å². The van der Waals surface area contributed by atoms with E-state index in [4.69, 9.17) is 4.74 Å². The molecule has 0 bridgehead atoms. The summed E-state index contributed by atoms with van der Waals surface area (Å²) in [5.41, 5.74) is 0.402. The molecular weight excluding hydrogens is 288 g/mol. The first-order valence-electron chi connectivity index (χ1n) is 9.27. The number of ketones is 1. The zero-order valence-corrected chi connectivity index (χ0v) is 15.4. The van der Waals surface area contributed by atoms with E-state index >= 15 is 0 Å². The lowest BCUT2D eigenvalue weighted by atomic mass is 9.39. The molecule has 3 aliphatic carbocycles. The summed E-state index contributed by atoms with van der Waals surface area (Å²) in [5, 5.41) is 0. The molecule has 0 unspecified atom stereocenters. The minimum atomic E-state index is -0.547. The number of carbonyl (C=O) groups is 2. The number of hydrogen-bond donors (Lipinski definition) is 0. The number of methoxy groups -OCH3 is 1. The molecule has 3 heteroatoms. The van der Waals surface area contributed by atoms with Crippen molar-refractivity contribution >= 4 is 11.8 Å². The first kappa shape index (κ1) is 17.0. The molecule has 3 fully saturated rings. The van der Waals surface area contributed by atoms with Crippen LogP contribution in [-0.4, -0.2) is 18.9 Å². The molecule has 0 aliphatic heterocycles. The van der Waals surface area contributed by atoms with Crippen molar-refractivity contribution in [1.82, 2.24) is 0 Å². The summed E-state index contributed by atoms with van der Waals surface area (Å²) in [6.07, 6.45) is 7.42. The van der Waals surface area contributed by atoms with Gasteiger partial charge in [0, 0.05) is 6.42 Å². The Hall–Kier alpha value is -0.860. The summed E-state index contributed by atoms with van der Waals surface area (Å²) >= 11 is 0. The fourth-order valence-corrected chi connectivity index (χ4v) is 7.01. The molecule has 0 amide bonds. The number of hydrogen-bond acceptors (Lipinski definition) is 3. The molecule has 0 radical (unpaired) electrons. The van der Waals surface area contributed by atoms with Gasteiger partial charge in [0.25, 0.3) is 0 Å². The van der Waals surface area contributed by atoms with Crippen LogP contribution in [0.2, 0.25) is 0 Å². The van der Waals surface area contributed by atoms with Gasteiger partial charge in [-0.25, -0.2) is 0 Å². The van der Waals surface area contributed by atoms with Crippen LogP contribution in [0, 0.1) is 34.0 Å². The Balaban J connectivity index is 2.02. The number of ether oxygens (including phenoxy) is 1. The van der Waals surface area contributed by atoms with Crippen LogP contribution in [-0.2, 0) is 14.3 Å². The van der Waals surface area contributed by atoms with Gasteiger partial charge in [-0.3, -0.25) is 9.59 Å². The van der Waals surface area contributed by atoms with Gasteiger partial charge in [0.05, 0.1) is 7.11 Å². The largest absolute Gasteiger partial charge is 0.468 e. The van der Waals surface area contributed by atoms with Crippen molar-refractivity contribution in [3.8, 4) is 0 Å². The van der Waals surface area contributed by atoms with Crippen molar-refractivity contribution in [3.63, 3.8) is 0 Å². The van der Waals surface area contributed by atoms with E-state index in [0.29, 0.717) is 23.7 Å². The molecule has 3 saturated carbocycles. The monoisotopic (exact) mass is 320 g/mol. The lowest BCUT2D eigenvalue weighted by Gasteiger charge is -2.64. The molecule has 3 nitrogen and oxygen atoms in total. The number of carbonyl (C=O) groups excluding carboxylic acids is 2. The van der Waals surface area contributed by atoms with E-state index < -0.39 is 5.92 Å².